The molecule has 0 aliphatic carbocycles. The fraction of sp³-hybridized carbons (Fsp3) is 0.833. The zero-order chi connectivity index (χ0) is 7.98. The Balaban J connectivity index is 3.49. The second-order valence-electron chi connectivity index (χ2n) is 1.90. The molecule has 0 heterocycles. The number of quaternary nitrogens is 1. The minimum atomic E-state index is -0.213. The van der Waals surface area contributed by atoms with E-state index in [1.165, 1.54) is 0 Å². The standard InChI is InChI=1S/C6H13NO2S/c1-3-9-6(8)5(7)4-10-2/h5H,3-4,7H2,1-2H3/p+1/t5-/m0/s1. The first-order valence-corrected chi connectivity index (χ1v) is 4.60. The van der Waals surface area contributed by atoms with Gasteiger partial charge in [0.2, 0.25) is 0 Å². The molecule has 3 N–H and O–H groups in total. The zero-order valence-corrected chi connectivity index (χ0v) is 7.24. The van der Waals surface area contributed by atoms with Crippen LogP contribution in [0.15, 0.2) is 0 Å². The summed E-state index contributed by atoms with van der Waals surface area (Å²) < 4.78 is 4.74. The third-order valence-corrected chi connectivity index (χ3v) is 1.72. The number of ether oxygens (including phenoxy) is 1. The summed E-state index contributed by atoms with van der Waals surface area (Å²) in [6.45, 7) is 2.24. The van der Waals surface area contributed by atoms with Gasteiger partial charge in [0, 0.05) is 0 Å². The van der Waals surface area contributed by atoms with Crippen LogP contribution in [0.4, 0.5) is 0 Å². The molecule has 0 rings (SSSR count). The molecule has 60 valence electrons. The van der Waals surface area contributed by atoms with Crippen LogP contribution in [-0.2, 0) is 9.53 Å². The van der Waals surface area contributed by atoms with Gasteiger partial charge in [-0.2, -0.15) is 11.8 Å². The molecule has 0 aromatic heterocycles. The van der Waals surface area contributed by atoms with Crippen LogP contribution in [-0.4, -0.2) is 30.6 Å². The number of carbonyl (C=O) groups is 1. The summed E-state index contributed by atoms with van der Waals surface area (Å²) >= 11 is 1.60. The van der Waals surface area contributed by atoms with Gasteiger partial charge in [0.15, 0.2) is 6.04 Å². The average molecular weight is 164 g/mol. The number of hydrogen-bond donors (Lipinski definition) is 1. The molecule has 0 saturated heterocycles. The molecule has 0 saturated carbocycles. The molecule has 0 unspecified atom stereocenters. The molecule has 0 spiro atoms. The van der Waals surface area contributed by atoms with E-state index in [9.17, 15) is 4.79 Å². The minimum absolute atomic E-state index is 0.197. The lowest BCUT2D eigenvalue weighted by Crippen LogP contribution is -2.66. The molecular weight excluding hydrogens is 150 g/mol. The van der Waals surface area contributed by atoms with Gasteiger partial charge in [0.25, 0.3) is 0 Å². The summed E-state index contributed by atoms with van der Waals surface area (Å²) in [5.41, 5.74) is 3.65. The molecule has 4 heteroatoms. The van der Waals surface area contributed by atoms with Crippen molar-refractivity contribution in [1.82, 2.24) is 0 Å². The third kappa shape index (κ3) is 3.74. The number of rotatable bonds is 4. The molecule has 0 aliphatic heterocycles. The van der Waals surface area contributed by atoms with Gasteiger partial charge in [0.05, 0.1) is 12.4 Å². The second kappa shape index (κ2) is 5.56. The van der Waals surface area contributed by atoms with E-state index in [1.807, 2.05) is 6.26 Å². The SMILES string of the molecule is CCOC(=O)[C@@H]([NH3+])CSC. The van der Waals surface area contributed by atoms with Crippen molar-refractivity contribution in [2.75, 3.05) is 18.6 Å². The van der Waals surface area contributed by atoms with Gasteiger partial charge in [-0.15, -0.1) is 0 Å². The largest absolute Gasteiger partial charge is 0.462 e. The molecule has 0 aromatic rings. The van der Waals surface area contributed by atoms with E-state index >= 15 is 0 Å². The average Bonchev–Trinajstić information content (AvgIpc) is 1.89. The summed E-state index contributed by atoms with van der Waals surface area (Å²) in [6.07, 6.45) is 1.94. The van der Waals surface area contributed by atoms with Crippen LogP contribution in [0.3, 0.4) is 0 Å². The number of carbonyl (C=O) groups excluding carboxylic acids is 1. The molecule has 0 aliphatic rings. The Kier molecular flexibility index (Phi) is 5.43. The topological polar surface area (TPSA) is 53.9 Å². The predicted octanol–water partition coefficient (Wildman–Crippen LogP) is -0.477. The van der Waals surface area contributed by atoms with Crippen molar-refractivity contribution >= 4 is 17.7 Å². The quantitative estimate of drug-likeness (QED) is 0.571. The van der Waals surface area contributed by atoms with E-state index < -0.39 is 0 Å². The van der Waals surface area contributed by atoms with E-state index in [0.717, 1.165) is 5.75 Å². The zero-order valence-electron chi connectivity index (χ0n) is 6.42. The highest BCUT2D eigenvalue weighted by molar-refractivity contribution is 7.98. The van der Waals surface area contributed by atoms with Crippen molar-refractivity contribution in [1.29, 1.82) is 0 Å². The first-order chi connectivity index (χ1) is 4.72. The summed E-state index contributed by atoms with van der Waals surface area (Å²) in [5.74, 6) is 0.538. The number of hydrogen-bond acceptors (Lipinski definition) is 3. The van der Waals surface area contributed by atoms with Crippen LogP contribution in [0.2, 0.25) is 0 Å². The van der Waals surface area contributed by atoms with Gasteiger partial charge in [0.1, 0.15) is 0 Å². The van der Waals surface area contributed by atoms with Gasteiger partial charge >= 0.3 is 5.97 Å². The van der Waals surface area contributed by atoms with Crippen molar-refractivity contribution in [2.24, 2.45) is 0 Å². The highest BCUT2D eigenvalue weighted by atomic mass is 32.2. The Morgan fingerprint density at radius 3 is 2.80 bits per heavy atom. The summed E-state index contributed by atoms with van der Waals surface area (Å²) in [6, 6.07) is -0.213. The molecule has 0 aromatic carbocycles. The third-order valence-electron chi connectivity index (χ3n) is 0.988. The first-order valence-electron chi connectivity index (χ1n) is 3.21. The Morgan fingerprint density at radius 2 is 2.40 bits per heavy atom. The first kappa shape index (κ1) is 9.78. The predicted molar refractivity (Wildman–Crippen MR) is 41.7 cm³/mol. The number of thioether (sulfide) groups is 1. The van der Waals surface area contributed by atoms with E-state index in [1.54, 1.807) is 18.7 Å². The lowest BCUT2D eigenvalue weighted by Gasteiger charge is -2.04. The molecule has 1 atom stereocenters. The minimum Gasteiger partial charge on any atom is -0.462 e. The van der Waals surface area contributed by atoms with Crippen molar-refractivity contribution in [3.63, 3.8) is 0 Å². The van der Waals surface area contributed by atoms with Crippen LogP contribution in [0.25, 0.3) is 0 Å². The maximum atomic E-state index is 10.8. The second-order valence-corrected chi connectivity index (χ2v) is 2.81. The van der Waals surface area contributed by atoms with Gasteiger partial charge in [-0.3, -0.25) is 0 Å². The van der Waals surface area contributed by atoms with Crippen molar-refractivity contribution in [3.8, 4) is 0 Å². The van der Waals surface area contributed by atoms with Crippen LogP contribution in [0.5, 0.6) is 0 Å². The molecule has 0 fully saturated rings. The van der Waals surface area contributed by atoms with Gasteiger partial charge < -0.3 is 10.5 Å². The highest BCUT2D eigenvalue weighted by Crippen LogP contribution is 1.94. The van der Waals surface area contributed by atoms with Gasteiger partial charge in [-0.25, -0.2) is 4.79 Å². The maximum Gasteiger partial charge on any atom is 0.365 e. The monoisotopic (exact) mass is 164 g/mol. The molecule has 0 radical (unpaired) electrons. The Bertz CT molecular complexity index is 108. The highest BCUT2D eigenvalue weighted by Gasteiger charge is 2.16. The molecular formula is C6H14NO2S+. The van der Waals surface area contributed by atoms with E-state index in [0.29, 0.717) is 6.61 Å². The Hall–Kier alpha value is -0.220. The molecule has 10 heavy (non-hydrogen) atoms. The smallest absolute Gasteiger partial charge is 0.365 e. The summed E-state index contributed by atoms with van der Waals surface area (Å²) in [4.78, 5) is 10.8. The molecule has 3 nitrogen and oxygen atoms in total. The molecule has 0 bridgehead atoms. The maximum absolute atomic E-state index is 10.8. The van der Waals surface area contributed by atoms with Crippen molar-refractivity contribution < 1.29 is 15.3 Å². The van der Waals surface area contributed by atoms with E-state index in [2.05, 4.69) is 5.73 Å². The van der Waals surface area contributed by atoms with Gasteiger partial charge in [-0.05, 0) is 13.2 Å². The fourth-order valence-corrected chi connectivity index (χ4v) is 1.07. The van der Waals surface area contributed by atoms with Gasteiger partial charge in [-0.1, -0.05) is 0 Å². The van der Waals surface area contributed by atoms with E-state index in [-0.39, 0.29) is 12.0 Å². The summed E-state index contributed by atoms with van der Waals surface area (Å²) in [5, 5.41) is 0. The molecule has 0 amide bonds. The van der Waals surface area contributed by atoms with Crippen LogP contribution < -0.4 is 5.73 Å². The lowest BCUT2D eigenvalue weighted by molar-refractivity contribution is -0.401. The Labute approximate surface area is 65.3 Å². The van der Waals surface area contributed by atoms with Crippen molar-refractivity contribution in [3.05, 3.63) is 0 Å². The summed E-state index contributed by atoms with van der Waals surface area (Å²) in [7, 11) is 0. The fourth-order valence-electron chi connectivity index (χ4n) is 0.529. The normalized spacial score (nSPS) is 12.7. The van der Waals surface area contributed by atoms with Crippen molar-refractivity contribution in [2.45, 2.75) is 13.0 Å². The number of esters is 1. The lowest BCUT2D eigenvalue weighted by atomic mass is 10.4. The Morgan fingerprint density at radius 1 is 1.80 bits per heavy atom. The van der Waals surface area contributed by atoms with Crippen LogP contribution in [0, 0.1) is 0 Å². The van der Waals surface area contributed by atoms with Crippen LogP contribution >= 0.6 is 11.8 Å². The van der Waals surface area contributed by atoms with E-state index in [4.69, 9.17) is 4.74 Å². The van der Waals surface area contributed by atoms with Crippen LogP contribution in [0.1, 0.15) is 6.92 Å².